The van der Waals surface area contributed by atoms with Crippen LogP contribution in [0.15, 0.2) is 44.4 Å². The Hall–Kier alpha value is -2.06. The Morgan fingerprint density at radius 2 is 1.96 bits per heavy atom. The van der Waals surface area contributed by atoms with Crippen LogP contribution in [0.3, 0.4) is 0 Å². The summed E-state index contributed by atoms with van der Waals surface area (Å²) < 4.78 is 12.0. The quantitative estimate of drug-likeness (QED) is 0.496. The number of rotatable bonds is 6. The topological polar surface area (TPSA) is 80.2 Å². The number of phenols is 1. The number of ether oxygens (including phenoxy) is 2. The number of hydrogen-bond acceptors (Lipinski definition) is 5. The maximum absolute atomic E-state index is 11.8. The molecule has 0 fully saturated rings. The second-order valence-corrected chi connectivity index (χ2v) is 6.77. The highest BCUT2D eigenvalue weighted by atomic mass is 79.9. The smallest absolute Gasteiger partial charge is 0.277 e. The minimum absolute atomic E-state index is 0.00103. The number of carbonyl (C=O) groups excluding carboxylic acids is 1. The van der Waals surface area contributed by atoms with Gasteiger partial charge in [0.25, 0.3) is 5.91 Å². The number of hydrogen-bond donors (Lipinski definition) is 2. The van der Waals surface area contributed by atoms with Crippen molar-refractivity contribution in [2.45, 2.75) is 6.92 Å². The van der Waals surface area contributed by atoms with Crippen LogP contribution in [-0.2, 0) is 4.79 Å². The van der Waals surface area contributed by atoms with Gasteiger partial charge in [0, 0.05) is 11.6 Å². The summed E-state index contributed by atoms with van der Waals surface area (Å²) in [5.41, 5.74) is 3.85. The van der Waals surface area contributed by atoms with Gasteiger partial charge in [-0.1, -0.05) is 0 Å². The number of nitrogens with zero attached hydrogens (tertiary/aromatic N) is 1. The molecule has 0 radical (unpaired) electrons. The number of amides is 1. The summed E-state index contributed by atoms with van der Waals surface area (Å²) in [7, 11) is 1.51. The number of nitrogens with one attached hydrogen (secondary N) is 1. The standard InChI is InChI=1S/C17H16Br2N2O4/c1-10-5-13(18)17(14(19)6-10)25-9-16(23)21-20-8-11-3-4-12(24-2)7-15(11)22/h3-8,22H,9H2,1-2H3,(H,21,23). The Morgan fingerprint density at radius 1 is 1.28 bits per heavy atom. The molecule has 0 saturated heterocycles. The fourth-order valence-corrected chi connectivity index (χ4v) is 3.57. The number of methoxy groups -OCH3 is 1. The van der Waals surface area contributed by atoms with Crippen molar-refractivity contribution in [2.75, 3.05) is 13.7 Å². The highest BCUT2D eigenvalue weighted by Crippen LogP contribution is 2.34. The molecule has 8 heteroatoms. The zero-order valence-corrected chi connectivity index (χ0v) is 16.7. The van der Waals surface area contributed by atoms with Gasteiger partial charge in [-0.2, -0.15) is 5.10 Å². The first-order valence-corrected chi connectivity index (χ1v) is 8.76. The normalized spacial score (nSPS) is 10.7. The molecule has 6 nitrogen and oxygen atoms in total. The van der Waals surface area contributed by atoms with Crippen molar-refractivity contribution >= 4 is 44.0 Å². The first-order chi connectivity index (χ1) is 11.9. The molecule has 0 heterocycles. The molecule has 0 unspecified atom stereocenters. The van der Waals surface area contributed by atoms with Crippen LogP contribution in [0.1, 0.15) is 11.1 Å². The van der Waals surface area contributed by atoms with Gasteiger partial charge in [0.05, 0.1) is 22.3 Å². The van der Waals surface area contributed by atoms with Crippen LogP contribution in [0.5, 0.6) is 17.2 Å². The lowest BCUT2D eigenvalue weighted by atomic mass is 10.2. The summed E-state index contributed by atoms with van der Waals surface area (Å²) in [6.07, 6.45) is 1.34. The van der Waals surface area contributed by atoms with E-state index < -0.39 is 5.91 Å². The summed E-state index contributed by atoms with van der Waals surface area (Å²) in [5, 5.41) is 13.6. The Balaban J connectivity index is 1.91. The third-order valence-electron chi connectivity index (χ3n) is 3.12. The van der Waals surface area contributed by atoms with Crippen molar-refractivity contribution in [3.8, 4) is 17.2 Å². The molecule has 2 rings (SSSR count). The second kappa shape index (κ2) is 8.87. The van der Waals surface area contributed by atoms with Crippen LogP contribution in [0.4, 0.5) is 0 Å². The number of aromatic hydroxyl groups is 1. The number of aryl methyl sites for hydroxylation is 1. The fraction of sp³-hybridized carbons (Fsp3) is 0.176. The highest BCUT2D eigenvalue weighted by Gasteiger charge is 2.10. The highest BCUT2D eigenvalue weighted by molar-refractivity contribution is 9.11. The zero-order valence-electron chi connectivity index (χ0n) is 13.5. The average Bonchev–Trinajstić information content (AvgIpc) is 2.55. The maximum atomic E-state index is 11.8. The minimum atomic E-state index is -0.427. The van der Waals surface area contributed by atoms with E-state index in [0.29, 0.717) is 17.1 Å². The largest absolute Gasteiger partial charge is 0.507 e. The SMILES string of the molecule is COc1ccc(C=NNC(=O)COc2c(Br)cc(C)cc2Br)c(O)c1. The van der Waals surface area contributed by atoms with Gasteiger partial charge < -0.3 is 14.6 Å². The van der Waals surface area contributed by atoms with Crippen LogP contribution < -0.4 is 14.9 Å². The number of phenolic OH excluding ortho intramolecular Hbond substituents is 1. The van der Waals surface area contributed by atoms with Crippen molar-refractivity contribution in [1.29, 1.82) is 0 Å². The van der Waals surface area contributed by atoms with Crippen molar-refractivity contribution in [1.82, 2.24) is 5.43 Å². The summed E-state index contributed by atoms with van der Waals surface area (Å²) in [6, 6.07) is 8.54. The first kappa shape index (κ1) is 19.3. The van der Waals surface area contributed by atoms with Gasteiger partial charge in [-0.25, -0.2) is 5.43 Å². The fourth-order valence-electron chi connectivity index (χ4n) is 1.93. The molecule has 0 bridgehead atoms. The monoisotopic (exact) mass is 470 g/mol. The minimum Gasteiger partial charge on any atom is -0.507 e. The Bertz CT molecular complexity index is 786. The molecule has 0 aliphatic rings. The molecular weight excluding hydrogens is 456 g/mol. The molecule has 0 aliphatic heterocycles. The Morgan fingerprint density at radius 3 is 2.56 bits per heavy atom. The lowest BCUT2D eigenvalue weighted by Crippen LogP contribution is -2.24. The molecule has 25 heavy (non-hydrogen) atoms. The summed E-state index contributed by atoms with van der Waals surface area (Å²) in [4.78, 5) is 11.8. The van der Waals surface area contributed by atoms with Gasteiger partial charge in [0.2, 0.25) is 0 Å². The van der Waals surface area contributed by atoms with Crippen molar-refractivity contribution in [3.63, 3.8) is 0 Å². The summed E-state index contributed by atoms with van der Waals surface area (Å²) >= 11 is 6.79. The van der Waals surface area contributed by atoms with Gasteiger partial charge in [0.15, 0.2) is 6.61 Å². The van der Waals surface area contributed by atoms with E-state index in [9.17, 15) is 9.90 Å². The molecule has 0 atom stereocenters. The molecule has 1 amide bonds. The van der Waals surface area contributed by atoms with Gasteiger partial charge in [-0.3, -0.25) is 4.79 Å². The molecule has 2 aromatic carbocycles. The maximum Gasteiger partial charge on any atom is 0.277 e. The Labute approximate surface area is 162 Å². The van der Waals surface area contributed by atoms with E-state index in [0.717, 1.165) is 14.5 Å². The van der Waals surface area contributed by atoms with Gasteiger partial charge in [0.1, 0.15) is 17.2 Å². The third kappa shape index (κ3) is 5.47. The zero-order chi connectivity index (χ0) is 18.4. The van der Waals surface area contributed by atoms with Crippen molar-refractivity contribution < 1.29 is 19.4 Å². The van der Waals surface area contributed by atoms with E-state index in [1.807, 2.05) is 19.1 Å². The number of halogens is 2. The van der Waals surface area contributed by atoms with E-state index in [4.69, 9.17) is 9.47 Å². The lowest BCUT2D eigenvalue weighted by Gasteiger charge is -2.10. The second-order valence-electron chi connectivity index (χ2n) is 5.06. The molecule has 0 spiro atoms. The summed E-state index contributed by atoms with van der Waals surface area (Å²) in [6.45, 7) is 1.75. The molecular formula is C17H16Br2N2O4. The summed E-state index contributed by atoms with van der Waals surface area (Å²) in [5.74, 6) is 0.642. The van der Waals surface area contributed by atoms with Crippen molar-refractivity contribution in [2.24, 2.45) is 5.10 Å². The third-order valence-corrected chi connectivity index (χ3v) is 4.30. The number of hydrazone groups is 1. The van der Waals surface area contributed by atoms with Crippen LogP contribution in [0.2, 0.25) is 0 Å². The lowest BCUT2D eigenvalue weighted by molar-refractivity contribution is -0.123. The van der Waals surface area contributed by atoms with Crippen LogP contribution in [0, 0.1) is 6.92 Å². The molecule has 132 valence electrons. The van der Waals surface area contributed by atoms with Crippen LogP contribution in [-0.4, -0.2) is 30.9 Å². The van der Waals surface area contributed by atoms with E-state index in [1.165, 1.54) is 19.4 Å². The molecule has 0 aromatic heterocycles. The van der Waals surface area contributed by atoms with E-state index >= 15 is 0 Å². The molecule has 2 N–H and O–H groups in total. The van der Waals surface area contributed by atoms with Gasteiger partial charge in [-0.05, 0) is 68.6 Å². The molecule has 0 aliphatic carbocycles. The first-order valence-electron chi connectivity index (χ1n) is 7.18. The van der Waals surface area contributed by atoms with Gasteiger partial charge in [-0.15, -0.1) is 0 Å². The van der Waals surface area contributed by atoms with E-state index in [1.54, 1.807) is 12.1 Å². The van der Waals surface area contributed by atoms with Crippen LogP contribution in [0.25, 0.3) is 0 Å². The number of carbonyl (C=O) groups is 1. The number of benzene rings is 2. The predicted octanol–water partition coefficient (Wildman–Crippen LogP) is 3.76. The molecule has 0 saturated carbocycles. The predicted molar refractivity (Wildman–Crippen MR) is 102 cm³/mol. The van der Waals surface area contributed by atoms with E-state index in [2.05, 4.69) is 42.4 Å². The van der Waals surface area contributed by atoms with Gasteiger partial charge >= 0.3 is 0 Å². The molecule has 2 aromatic rings. The Kier molecular flexibility index (Phi) is 6.83. The van der Waals surface area contributed by atoms with E-state index in [-0.39, 0.29) is 12.4 Å². The average molecular weight is 472 g/mol. The van der Waals surface area contributed by atoms with Crippen LogP contribution >= 0.6 is 31.9 Å². The van der Waals surface area contributed by atoms with Crippen molar-refractivity contribution in [3.05, 3.63) is 50.4 Å².